The summed E-state index contributed by atoms with van der Waals surface area (Å²) in [5, 5.41) is 6.18. The molecule has 0 bridgehead atoms. The Morgan fingerprint density at radius 1 is 1.31 bits per heavy atom. The van der Waals surface area contributed by atoms with Gasteiger partial charge in [-0.05, 0) is 31.9 Å². The predicted molar refractivity (Wildman–Crippen MR) is 105 cm³/mol. The van der Waals surface area contributed by atoms with Crippen LogP contribution in [0.3, 0.4) is 0 Å². The first-order valence-electron chi connectivity index (χ1n) is 8.21. The van der Waals surface area contributed by atoms with E-state index in [0.717, 1.165) is 25.5 Å². The van der Waals surface area contributed by atoms with Crippen molar-refractivity contribution in [2.75, 3.05) is 33.4 Å². The van der Waals surface area contributed by atoms with Gasteiger partial charge in [-0.2, -0.15) is 13.2 Å². The van der Waals surface area contributed by atoms with Crippen molar-refractivity contribution in [2.45, 2.75) is 31.5 Å². The molecule has 148 valence electrons. The Morgan fingerprint density at radius 3 is 2.65 bits per heavy atom. The van der Waals surface area contributed by atoms with Crippen LogP contribution in [0.5, 0.6) is 5.75 Å². The van der Waals surface area contributed by atoms with Gasteiger partial charge in [0.25, 0.3) is 0 Å². The normalized spacial score (nSPS) is 20.4. The van der Waals surface area contributed by atoms with Crippen LogP contribution >= 0.6 is 24.0 Å². The van der Waals surface area contributed by atoms with E-state index in [2.05, 4.69) is 15.6 Å². The van der Waals surface area contributed by atoms with E-state index in [1.54, 1.807) is 7.05 Å². The second kappa shape index (κ2) is 10.2. The minimum atomic E-state index is -4.43. The molecule has 0 radical (unpaired) electrons. The quantitative estimate of drug-likeness (QED) is 0.280. The molecule has 5 nitrogen and oxygen atoms in total. The maximum absolute atomic E-state index is 12.9. The monoisotopic (exact) mass is 487 g/mol. The van der Waals surface area contributed by atoms with Crippen LogP contribution in [0.1, 0.15) is 25.3 Å². The second-order valence-electron chi connectivity index (χ2n) is 6.10. The number of ether oxygens (including phenoxy) is 2. The van der Waals surface area contributed by atoms with Crippen molar-refractivity contribution < 1.29 is 22.6 Å². The number of nitrogens with zero attached hydrogens (tertiary/aromatic N) is 1. The van der Waals surface area contributed by atoms with Crippen molar-refractivity contribution in [3.05, 3.63) is 29.8 Å². The van der Waals surface area contributed by atoms with Gasteiger partial charge in [-0.1, -0.05) is 12.1 Å². The van der Waals surface area contributed by atoms with Crippen molar-refractivity contribution in [2.24, 2.45) is 4.99 Å². The number of rotatable bonds is 6. The van der Waals surface area contributed by atoms with Crippen molar-refractivity contribution in [3.63, 3.8) is 0 Å². The van der Waals surface area contributed by atoms with E-state index in [1.165, 1.54) is 18.2 Å². The van der Waals surface area contributed by atoms with Gasteiger partial charge in [0.15, 0.2) is 5.96 Å². The van der Waals surface area contributed by atoms with E-state index < -0.39 is 11.7 Å². The molecule has 1 fully saturated rings. The molecule has 0 aliphatic carbocycles. The summed E-state index contributed by atoms with van der Waals surface area (Å²) in [4.78, 5) is 4.08. The Morgan fingerprint density at radius 2 is 2.04 bits per heavy atom. The number of nitrogens with one attached hydrogen (secondary N) is 2. The van der Waals surface area contributed by atoms with Crippen LogP contribution in [0.15, 0.2) is 29.3 Å². The van der Waals surface area contributed by atoms with Gasteiger partial charge in [0.2, 0.25) is 0 Å². The van der Waals surface area contributed by atoms with E-state index in [-0.39, 0.29) is 41.9 Å². The fourth-order valence-corrected chi connectivity index (χ4v) is 2.62. The Kier molecular flexibility index (Phi) is 8.94. The summed E-state index contributed by atoms with van der Waals surface area (Å²) in [7, 11) is 1.63. The van der Waals surface area contributed by atoms with Crippen LogP contribution in [0.4, 0.5) is 13.2 Å². The Balaban J connectivity index is 0.00000338. The largest absolute Gasteiger partial charge is 0.491 e. The van der Waals surface area contributed by atoms with Gasteiger partial charge in [-0.3, -0.25) is 4.99 Å². The second-order valence-corrected chi connectivity index (χ2v) is 6.10. The van der Waals surface area contributed by atoms with Gasteiger partial charge in [0.1, 0.15) is 12.4 Å². The third-order valence-corrected chi connectivity index (χ3v) is 4.00. The van der Waals surface area contributed by atoms with Gasteiger partial charge >= 0.3 is 6.18 Å². The highest BCUT2D eigenvalue weighted by Crippen LogP contribution is 2.35. The zero-order valence-corrected chi connectivity index (χ0v) is 17.2. The summed E-state index contributed by atoms with van der Waals surface area (Å²) in [5.41, 5.74) is -0.983. The third kappa shape index (κ3) is 6.82. The molecule has 1 aromatic rings. The number of alkyl halides is 3. The summed E-state index contributed by atoms with van der Waals surface area (Å²) >= 11 is 0. The topological polar surface area (TPSA) is 54.9 Å². The summed E-state index contributed by atoms with van der Waals surface area (Å²) in [6.45, 7) is 3.82. The van der Waals surface area contributed by atoms with Gasteiger partial charge in [0, 0.05) is 20.2 Å². The summed E-state index contributed by atoms with van der Waals surface area (Å²) in [6, 6.07) is 5.17. The molecule has 1 aliphatic rings. The lowest BCUT2D eigenvalue weighted by Gasteiger charge is -2.24. The Bertz CT molecular complexity index is 591. The van der Waals surface area contributed by atoms with Crippen LogP contribution in [-0.4, -0.2) is 44.9 Å². The van der Waals surface area contributed by atoms with Gasteiger partial charge in [0.05, 0.1) is 17.7 Å². The molecular weight excluding hydrogens is 462 g/mol. The number of halogens is 4. The number of para-hydroxylation sites is 1. The lowest BCUT2D eigenvalue weighted by Crippen LogP contribution is -2.46. The van der Waals surface area contributed by atoms with E-state index >= 15 is 0 Å². The number of hydrogen-bond donors (Lipinski definition) is 2. The van der Waals surface area contributed by atoms with Crippen LogP contribution < -0.4 is 15.4 Å². The zero-order valence-electron chi connectivity index (χ0n) is 14.9. The highest BCUT2D eigenvalue weighted by molar-refractivity contribution is 14.0. The molecule has 1 heterocycles. The van der Waals surface area contributed by atoms with Crippen LogP contribution in [0.25, 0.3) is 0 Å². The third-order valence-electron chi connectivity index (χ3n) is 4.00. The lowest BCUT2D eigenvalue weighted by atomic mass is 10.0. The molecule has 0 aromatic heterocycles. The minimum absolute atomic E-state index is 0. The molecule has 0 saturated carbocycles. The highest BCUT2D eigenvalue weighted by atomic mass is 127. The first-order valence-corrected chi connectivity index (χ1v) is 8.21. The molecule has 1 aliphatic heterocycles. The fraction of sp³-hybridized carbons (Fsp3) is 0.588. The standard InChI is InChI=1S/C17H24F3N3O2.HI/c1-16(8-5-10-25-16)12-23-15(21-2)22-9-11-24-14-7-4-3-6-13(14)17(18,19)20;/h3-4,6-7H,5,8-12H2,1-2H3,(H2,21,22,23);1H. The average molecular weight is 487 g/mol. The SMILES string of the molecule is CN=C(NCCOc1ccccc1C(F)(F)F)NCC1(C)CCCO1.I. The molecule has 1 saturated heterocycles. The van der Waals surface area contributed by atoms with Crippen LogP contribution in [-0.2, 0) is 10.9 Å². The fourth-order valence-electron chi connectivity index (χ4n) is 2.62. The molecule has 0 spiro atoms. The zero-order chi connectivity index (χ0) is 18.3. The Hall–Kier alpha value is -1.23. The molecular formula is C17H25F3IN3O2. The van der Waals surface area contributed by atoms with E-state index in [9.17, 15) is 13.2 Å². The van der Waals surface area contributed by atoms with Crippen molar-refractivity contribution in [1.82, 2.24) is 10.6 Å². The van der Waals surface area contributed by atoms with Crippen LogP contribution in [0.2, 0.25) is 0 Å². The van der Waals surface area contributed by atoms with Gasteiger partial charge in [-0.15, -0.1) is 24.0 Å². The molecule has 0 amide bonds. The summed E-state index contributed by atoms with van der Waals surface area (Å²) in [5.74, 6) is 0.385. The minimum Gasteiger partial charge on any atom is -0.491 e. The number of hydrogen-bond acceptors (Lipinski definition) is 3. The summed E-state index contributed by atoms with van der Waals surface area (Å²) < 4.78 is 49.6. The smallest absolute Gasteiger partial charge is 0.419 e. The van der Waals surface area contributed by atoms with Gasteiger partial charge in [-0.25, -0.2) is 0 Å². The first-order chi connectivity index (χ1) is 11.8. The molecule has 9 heteroatoms. The van der Waals surface area contributed by atoms with Crippen LogP contribution in [0, 0.1) is 0 Å². The van der Waals surface area contributed by atoms with Crippen molar-refractivity contribution >= 4 is 29.9 Å². The maximum Gasteiger partial charge on any atom is 0.419 e. The first kappa shape index (κ1) is 22.8. The van der Waals surface area contributed by atoms with Gasteiger partial charge < -0.3 is 20.1 Å². The molecule has 26 heavy (non-hydrogen) atoms. The Labute approximate surface area is 168 Å². The van der Waals surface area contributed by atoms with Crippen molar-refractivity contribution in [3.8, 4) is 5.75 Å². The van der Waals surface area contributed by atoms with Crippen molar-refractivity contribution in [1.29, 1.82) is 0 Å². The molecule has 1 atom stereocenters. The van der Waals surface area contributed by atoms with E-state index in [0.29, 0.717) is 19.0 Å². The average Bonchev–Trinajstić information content (AvgIpc) is 3.00. The molecule has 1 aromatic carbocycles. The number of guanidine groups is 1. The maximum atomic E-state index is 12.9. The molecule has 2 N–H and O–H groups in total. The number of aliphatic imine (C=N–C) groups is 1. The summed E-state index contributed by atoms with van der Waals surface area (Å²) in [6.07, 6.45) is -2.41. The molecule has 1 unspecified atom stereocenters. The predicted octanol–water partition coefficient (Wildman–Crippen LogP) is 3.44. The highest BCUT2D eigenvalue weighted by Gasteiger charge is 2.34. The van der Waals surface area contributed by atoms with E-state index in [1.807, 2.05) is 6.92 Å². The number of benzene rings is 1. The van der Waals surface area contributed by atoms with E-state index in [4.69, 9.17) is 9.47 Å². The lowest BCUT2D eigenvalue weighted by molar-refractivity contribution is -0.138. The molecule has 2 rings (SSSR count).